The molecule has 2 aromatic heterocycles. The summed E-state index contributed by atoms with van der Waals surface area (Å²) in [6, 6.07) is 27.1. The maximum absolute atomic E-state index is 13.3. The van der Waals surface area contributed by atoms with E-state index in [1.807, 2.05) is 45.8 Å². The minimum atomic E-state index is 0.0438. The van der Waals surface area contributed by atoms with Crippen molar-refractivity contribution < 1.29 is 4.79 Å². The zero-order valence-electron chi connectivity index (χ0n) is 18.2. The highest BCUT2D eigenvalue weighted by Crippen LogP contribution is 2.22. The van der Waals surface area contributed by atoms with Crippen molar-refractivity contribution in [3.63, 3.8) is 0 Å². The normalized spacial score (nSPS) is 14.7. The average Bonchev–Trinajstić information content (AvgIpc) is 3.51. The van der Waals surface area contributed by atoms with E-state index in [4.69, 9.17) is 4.98 Å². The third-order valence-corrected chi connectivity index (χ3v) is 6.23. The molecule has 162 valence electrons. The van der Waals surface area contributed by atoms with E-state index in [0.717, 1.165) is 43.7 Å². The summed E-state index contributed by atoms with van der Waals surface area (Å²) in [7, 11) is 0. The highest BCUT2D eigenvalue weighted by Gasteiger charge is 2.26. The first-order valence-electron chi connectivity index (χ1n) is 11.4. The summed E-state index contributed by atoms with van der Waals surface area (Å²) < 4.78 is 2.04. The van der Waals surface area contributed by atoms with Crippen LogP contribution in [-0.2, 0) is 13.0 Å². The largest absolute Gasteiger partial charge is 0.337 e. The van der Waals surface area contributed by atoms with E-state index in [9.17, 15) is 4.79 Å². The summed E-state index contributed by atoms with van der Waals surface area (Å²) >= 11 is 0. The minimum Gasteiger partial charge on any atom is -0.337 e. The van der Waals surface area contributed by atoms with Crippen LogP contribution in [0.1, 0.15) is 46.2 Å². The molecule has 1 atom stereocenters. The third kappa shape index (κ3) is 4.30. The Balaban J connectivity index is 1.45. The molecule has 0 aliphatic carbocycles. The molecule has 4 aromatic rings. The Bertz CT molecular complexity index is 1180. The van der Waals surface area contributed by atoms with Crippen LogP contribution in [0.5, 0.6) is 0 Å². The number of aromatic nitrogens is 2. The Morgan fingerprint density at radius 1 is 0.906 bits per heavy atom. The maximum atomic E-state index is 13.3. The van der Waals surface area contributed by atoms with Gasteiger partial charge in [0.25, 0.3) is 5.91 Å². The van der Waals surface area contributed by atoms with Crippen molar-refractivity contribution in [2.75, 3.05) is 13.1 Å². The van der Waals surface area contributed by atoms with Crippen LogP contribution in [-0.4, -0.2) is 33.3 Å². The molecule has 1 aliphatic heterocycles. The molecular weight excluding hydrogens is 396 g/mol. The molecule has 5 heteroatoms. The van der Waals surface area contributed by atoms with Crippen molar-refractivity contribution in [2.24, 2.45) is 0 Å². The fourth-order valence-corrected chi connectivity index (χ4v) is 4.52. The minimum absolute atomic E-state index is 0.0438. The van der Waals surface area contributed by atoms with E-state index in [-0.39, 0.29) is 11.9 Å². The number of rotatable bonds is 7. The lowest BCUT2D eigenvalue weighted by atomic mass is 9.98. The number of benzene rings is 2. The van der Waals surface area contributed by atoms with Crippen LogP contribution in [0, 0.1) is 0 Å². The summed E-state index contributed by atoms with van der Waals surface area (Å²) in [5.74, 6) is 0.0438. The lowest BCUT2D eigenvalue weighted by molar-refractivity contribution is 0.0786. The number of amides is 1. The summed E-state index contributed by atoms with van der Waals surface area (Å²) in [4.78, 5) is 19.9. The molecule has 5 nitrogen and oxygen atoms in total. The smallest absolute Gasteiger partial charge is 0.274 e. The van der Waals surface area contributed by atoms with Crippen LogP contribution >= 0.6 is 0 Å². The number of pyridine rings is 1. The first-order chi connectivity index (χ1) is 15.8. The molecule has 1 amide bonds. The predicted octanol–water partition coefficient (Wildman–Crippen LogP) is 4.64. The summed E-state index contributed by atoms with van der Waals surface area (Å²) in [6.07, 6.45) is 5.01. The van der Waals surface area contributed by atoms with E-state index < -0.39 is 0 Å². The SMILES string of the molecule is O=C(c1nc2ccccn2c1CN[C@@H](Cc1ccccc1)c1ccccc1)N1CCCC1. The molecule has 32 heavy (non-hydrogen) atoms. The van der Waals surface area contributed by atoms with Gasteiger partial charge < -0.3 is 14.6 Å². The molecule has 2 aromatic carbocycles. The zero-order chi connectivity index (χ0) is 21.8. The van der Waals surface area contributed by atoms with Gasteiger partial charge in [0, 0.05) is 31.9 Å². The Hall–Kier alpha value is -3.44. The second-order valence-electron chi connectivity index (χ2n) is 8.37. The van der Waals surface area contributed by atoms with Gasteiger partial charge in [-0.3, -0.25) is 4.79 Å². The Morgan fingerprint density at radius 3 is 2.34 bits per heavy atom. The summed E-state index contributed by atoms with van der Waals surface area (Å²) in [5, 5.41) is 3.73. The van der Waals surface area contributed by atoms with Crippen LogP contribution in [0.2, 0.25) is 0 Å². The summed E-state index contributed by atoms with van der Waals surface area (Å²) in [6.45, 7) is 2.20. The van der Waals surface area contributed by atoms with E-state index in [1.54, 1.807) is 0 Å². The summed E-state index contributed by atoms with van der Waals surface area (Å²) in [5.41, 5.74) is 4.81. The maximum Gasteiger partial charge on any atom is 0.274 e. The van der Waals surface area contributed by atoms with Crippen molar-refractivity contribution in [1.82, 2.24) is 19.6 Å². The topological polar surface area (TPSA) is 49.6 Å². The van der Waals surface area contributed by atoms with E-state index in [2.05, 4.69) is 53.8 Å². The second kappa shape index (κ2) is 9.37. The molecule has 1 aliphatic rings. The zero-order valence-corrected chi connectivity index (χ0v) is 18.2. The average molecular weight is 425 g/mol. The van der Waals surface area contributed by atoms with Gasteiger partial charge in [0.15, 0.2) is 5.69 Å². The molecule has 0 radical (unpaired) electrons. The number of nitrogens with zero attached hydrogens (tertiary/aromatic N) is 3. The van der Waals surface area contributed by atoms with Crippen LogP contribution in [0.25, 0.3) is 5.65 Å². The molecule has 0 bridgehead atoms. The van der Waals surface area contributed by atoms with Crippen molar-refractivity contribution >= 4 is 11.6 Å². The van der Waals surface area contributed by atoms with Gasteiger partial charge in [-0.2, -0.15) is 0 Å². The lowest BCUT2D eigenvalue weighted by Crippen LogP contribution is -2.30. The van der Waals surface area contributed by atoms with Gasteiger partial charge in [-0.05, 0) is 42.5 Å². The van der Waals surface area contributed by atoms with E-state index >= 15 is 0 Å². The number of fused-ring (bicyclic) bond motifs is 1. The molecule has 5 rings (SSSR count). The van der Waals surface area contributed by atoms with Crippen LogP contribution < -0.4 is 5.32 Å². The van der Waals surface area contributed by atoms with Gasteiger partial charge in [0.1, 0.15) is 5.65 Å². The van der Waals surface area contributed by atoms with Crippen molar-refractivity contribution in [1.29, 1.82) is 0 Å². The number of nitrogens with one attached hydrogen (secondary N) is 1. The number of imidazole rings is 1. The molecule has 3 heterocycles. The molecule has 1 saturated heterocycles. The van der Waals surface area contributed by atoms with Gasteiger partial charge in [0.05, 0.1) is 5.69 Å². The Labute approximate surface area is 188 Å². The van der Waals surface area contributed by atoms with Gasteiger partial charge >= 0.3 is 0 Å². The molecule has 1 N–H and O–H groups in total. The van der Waals surface area contributed by atoms with Gasteiger partial charge in [-0.15, -0.1) is 0 Å². The molecular formula is C27H28N4O. The van der Waals surface area contributed by atoms with Gasteiger partial charge in [-0.1, -0.05) is 66.7 Å². The quantitative estimate of drug-likeness (QED) is 0.470. The monoisotopic (exact) mass is 424 g/mol. The number of carbonyl (C=O) groups is 1. The van der Waals surface area contributed by atoms with Crippen LogP contribution in [0.15, 0.2) is 85.1 Å². The Kier molecular flexibility index (Phi) is 5.99. The highest BCUT2D eigenvalue weighted by molar-refractivity contribution is 5.94. The Morgan fingerprint density at radius 2 is 1.59 bits per heavy atom. The number of carbonyl (C=O) groups excluding carboxylic acids is 1. The fraction of sp³-hybridized carbons (Fsp3) is 0.259. The van der Waals surface area contributed by atoms with E-state index in [1.165, 1.54) is 11.1 Å². The van der Waals surface area contributed by atoms with Crippen molar-refractivity contribution in [3.8, 4) is 0 Å². The van der Waals surface area contributed by atoms with Gasteiger partial charge in [0.2, 0.25) is 0 Å². The van der Waals surface area contributed by atoms with Crippen molar-refractivity contribution in [3.05, 3.63) is 108 Å². The van der Waals surface area contributed by atoms with E-state index in [0.29, 0.717) is 12.2 Å². The van der Waals surface area contributed by atoms with Crippen LogP contribution in [0.3, 0.4) is 0 Å². The van der Waals surface area contributed by atoms with Crippen LogP contribution in [0.4, 0.5) is 0 Å². The highest BCUT2D eigenvalue weighted by atomic mass is 16.2. The molecule has 1 fully saturated rings. The number of hydrogen-bond donors (Lipinski definition) is 1. The third-order valence-electron chi connectivity index (χ3n) is 6.23. The lowest BCUT2D eigenvalue weighted by Gasteiger charge is -2.20. The standard InChI is InChI=1S/C27H28N4O/c32-27(30-16-9-10-17-30)26-24(31-18-8-7-15-25(31)29-26)20-28-23(22-13-5-2-6-14-22)19-21-11-3-1-4-12-21/h1-8,11-15,18,23,28H,9-10,16-17,19-20H2/t23-/m0/s1. The first kappa shape index (κ1) is 20.5. The van der Waals surface area contributed by atoms with Crippen molar-refractivity contribution in [2.45, 2.75) is 31.8 Å². The molecule has 0 spiro atoms. The predicted molar refractivity (Wildman–Crippen MR) is 126 cm³/mol. The van der Waals surface area contributed by atoms with Gasteiger partial charge in [-0.25, -0.2) is 4.98 Å². The number of likely N-dealkylation sites (tertiary alicyclic amines) is 1. The number of hydrogen-bond acceptors (Lipinski definition) is 3. The first-order valence-corrected chi connectivity index (χ1v) is 11.4. The molecule has 0 saturated carbocycles. The fourth-order valence-electron chi connectivity index (χ4n) is 4.52. The second-order valence-corrected chi connectivity index (χ2v) is 8.37. The molecule has 0 unspecified atom stereocenters.